The first-order chi connectivity index (χ1) is 6.25. The summed E-state index contributed by atoms with van der Waals surface area (Å²) >= 11 is 0. The first-order valence-corrected chi connectivity index (χ1v) is 4.75. The number of nitrogens with zero attached hydrogens (tertiary/aromatic N) is 4. The van der Waals surface area contributed by atoms with Crippen LogP contribution in [0, 0.1) is 0 Å². The highest BCUT2D eigenvalue weighted by Gasteiger charge is 2.23. The molecule has 0 radical (unpaired) electrons. The summed E-state index contributed by atoms with van der Waals surface area (Å²) in [7, 11) is 1.79. The smallest absolute Gasteiger partial charge is 0.177 e. The van der Waals surface area contributed by atoms with E-state index in [9.17, 15) is 0 Å². The molecule has 5 nitrogen and oxygen atoms in total. The fourth-order valence-electron chi connectivity index (χ4n) is 1.92. The second-order valence-electron chi connectivity index (χ2n) is 3.76. The Hall–Kier alpha value is -0.970. The van der Waals surface area contributed by atoms with Crippen molar-refractivity contribution in [1.29, 1.82) is 0 Å². The average Bonchev–Trinajstić information content (AvgIpc) is 2.52. The number of aryl methyl sites for hydroxylation is 1. The third-order valence-electron chi connectivity index (χ3n) is 2.60. The molecule has 0 bridgehead atoms. The Bertz CT molecular complexity index is 282. The number of nitrogens with two attached hydrogens (primary N) is 1. The molecule has 2 atom stereocenters. The van der Waals surface area contributed by atoms with Gasteiger partial charge in [0.15, 0.2) is 5.82 Å². The summed E-state index contributed by atoms with van der Waals surface area (Å²) < 4.78 is 0. The molecule has 0 amide bonds. The normalized spacial score (nSPS) is 29.1. The molecule has 1 heterocycles. The lowest BCUT2D eigenvalue weighted by Crippen LogP contribution is -2.27. The average molecular weight is 181 g/mol. The van der Waals surface area contributed by atoms with Gasteiger partial charge in [0.1, 0.15) is 0 Å². The van der Waals surface area contributed by atoms with E-state index < -0.39 is 0 Å². The van der Waals surface area contributed by atoms with Gasteiger partial charge in [-0.05, 0) is 24.5 Å². The topological polar surface area (TPSA) is 69.6 Å². The minimum absolute atomic E-state index is 0.322. The molecular weight excluding hydrogens is 166 g/mol. The van der Waals surface area contributed by atoms with Gasteiger partial charge in [0, 0.05) is 12.0 Å². The zero-order valence-electron chi connectivity index (χ0n) is 7.85. The van der Waals surface area contributed by atoms with Gasteiger partial charge in [-0.3, -0.25) is 0 Å². The van der Waals surface area contributed by atoms with Gasteiger partial charge in [-0.2, -0.15) is 4.80 Å². The van der Waals surface area contributed by atoms with Crippen LogP contribution in [0.4, 0.5) is 0 Å². The molecule has 1 fully saturated rings. The maximum absolute atomic E-state index is 5.89. The number of rotatable bonds is 1. The first-order valence-electron chi connectivity index (χ1n) is 4.75. The second-order valence-corrected chi connectivity index (χ2v) is 3.76. The Morgan fingerprint density at radius 2 is 2.31 bits per heavy atom. The Labute approximate surface area is 77.3 Å². The minimum Gasteiger partial charge on any atom is -0.328 e. The third-order valence-corrected chi connectivity index (χ3v) is 2.60. The molecule has 1 aromatic heterocycles. The van der Waals surface area contributed by atoms with E-state index in [0.29, 0.717) is 12.0 Å². The molecule has 1 aromatic rings. The summed E-state index contributed by atoms with van der Waals surface area (Å²) in [5.41, 5.74) is 5.89. The summed E-state index contributed by atoms with van der Waals surface area (Å²) in [5.74, 6) is 1.29. The second kappa shape index (κ2) is 3.41. The lowest BCUT2D eigenvalue weighted by Gasteiger charge is -2.23. The van der Waals surface area contributed by atoms with Crippen LogP contribution in [-0.4, -0.2) is 26.2 Å². The molecule has 0 saturated heterocycles. The van der Waals surface area contributed by atoms with Crippen LogP contribution in [0.2, 0.25) is 0 Å². The van der Waals surface area contributed by atoms with E-state index in [1.54, 1.807) is 7.05 Å². The van der Waals surface area contributed by atoms with E-state index in [0.717, 1.165) is 25.1 Å². The monoisotopic (exact) mass is 181 g/mol. The van der Waals surface area contributed by atoms with E-state index >= 15 is 0 Å². The molecule has 1 aliphatic rings. The largest absolute Gasteiger partial charge is 0.328 e. The van der Waals surface area contributed by atoms with Gasteiger partial charge in [-0.25, -0.2) is 0 Å². The van der Waals surface area contributed by atoms with Crippen molar-refractivity contribution in [2.24, 2.45) is 12.8 Å². The van der Waals surface area contributed by atoms with Gasteiger partial charge in [0.05, 0.1) is 7.05 Å². The zero-order valence-corrected chi connectivity index (χ0v) is 7.85. The SMILES string of the molecule is Cn1nnc(C2CCCC(N)C2)n1. The fourth-order valence-corrected chi connectivity index (χ4v) is 1.92. The minimum atomic E-state index is 0.322. The molecule has 0 aliphatic heterocycles. The molecule has 2 rings (SSSR count). The van der Waals surface area contributed by atoms with Gasteiger partial charge in [-0.1, -0.05) is 6.42 Å². The lowest BCUT2D eigenvalue weighted by atomic mass is 9.86. The molecule has 1 saturated carbocycles. The summed E-state index contributed by atoms with van der Waals surface area (Å²) in [6.45, 7) is 0. The van der Waals surface area contributed by atoms with Crippen LogP contribution in [0.5, 0.6) is 0 Å². The molecule has 72 valence electrons. The van der Waals surface area contributed by atoms with Crippen LogP contribution in [0.25, 0.3) is 0 Å². The molecule has 0 aromatic carbocycles. The van der Waals surface area contributed by atoms with Crippen molar-refractivity contribution in [3.63, 3.8) is 0 Å². The fraction of sp³-hybridized carbons (Fsp3) is 0.875. The third kappa shape index (κ3) is 1.85. The van der Waals surface area contributed by atoms with Crippen molar-refractivity contribution >= 4 is 0 Å². The van der Waals surface area contributed by atoms with Crippen molar-refractivity contribution in [2.45, 2.75) is 37.6 Å². The van der Waals surface area contributed by atoms with Crippen molar-refractivity contribution in [3.8, 4) is 0 Å². The molecule has 1 aliphatic carbocycles. The zero-order chi connectivity index (χ0) is 9.26. The molecule has 13 heavy (non-hydrogen) atoms. The van der Waals surface area contributed by atoms with Crippen LogP contribution in [0.15, 0.2) is 0 Å². The van der Waals surface area contributed by atoms with Crippen LogP contribution in [-0.2, 0) is 7.05 Å². The van der Waals surface area contributed by atoms with Crippen LogP contribution in [0.3, 0.4) is 0 Å². The van der Waals surface area contributed by atoms with Crippen LogP contribution in [0.1, 0.15) is 37.4 Å². The Kier molecular flexibility index (Phi) is 2.26. The highest BCUT2D eigenvalue weighted by Crippen LogP contribution is 2.29. The Morgan fingerprint density at radius 3 is 2.92 bits per heavy atom. The predicted molar refractivity (Wildman–Crippen MR) is 48.0 cm³/mol. The number of aromatic nitrogens is 4. The van der Waals surface area contributed by atoms with E-state index in [1.807, 2.05) is 0 Å². The molecule has 0 spiro atoms. The lowest BCUT2D eigenvalue weighted by molar-refractivity contribution is 0.381. The maximum Gasteiger partial charge on any atom is 0.177 e. The van der Waals surface area contributed by atoms with Crippen LogP contribution >= 0.6 is 0 Å². The number of hydrogen-bond donors (Lipinski definition) is 1. The number of hydrogen-bond acceptors (Lipinski definition) is 4. The predicted octanol–water partition coefficient (Wildman–Crippen LogP) is 0.195. The van der Waals surface area contributed by atoms with Crippen molar-refractivity contribution < 1.29 is 0 Å². The summed E-state index contributed by atoms with van der Waals surface area (Å²) in [6, 6.07) is 0.322. The van der Waals surface area contributed by atoms with Gasteiger partial charge in [-0.15, -0.1) is 10.2 Å². The van der Waals surface area contributed by atoms with Crippen molar-refractivity contribution in [2.75, 3.05) is 0 Å². The maximum atomic E-state index is 5.89. The van der Waals surface area contributed by atoms with Gasteiger partial charge >= 0.3 is 0 Å². The van der Waals surface area contributed by atoms with Crippen molar-refractivity contribution in [1.82, 2.24) is 20.2 Å². The van der Waals surface area contributed by atoms with E-state index in [4.69, 9.17) is 5.73 Å². The van der Waals surface area contributed by atoms with Gasteiger partial charge in [0.25, 0.3) is 0 Å². The van der Waals surface area contributed by atoms with E-state index in [2.05, 4.69) is 15.4 Å². The van der Waals surface area contributed by atoms with Gasteiger partial charge in [0.2, 0.25) is 0 Å². The molecule has 5 heteroatoms. The van der Waals surface area contributed by atoms with E-state index in [-0.39, 0.29) is 0 Å². The molecule has 2 N–H and O–H groups in total. The van der Waals surface area contributed by atoms with Crippen molar-refractivity contribution in [3.05, 3.63) is 5.82 Å². The molecular formula is C8H15N5. The summed E-state index contributed by atoms with van der Waals surface area (Å²) in [5, 5.41) is 12.1. The van der Waals surface area contributed by atoms with E-state index in [1.165, 1.54) is 11.2 Å². The first kappa shape index (κ1) is 8.62. The molecule has 2 unspecified atom stereocenters. The highest BCUT2D eigenvalue weighted by molar-refractivity contribution is 4.95. The standard InChI is InChI=1S/C8H15N5/c1-13-11-8(10-12-13)6-3-2-4-7(9)5-6/h6-7H,2-5,9H2,1H3. The van der Waals surface area contributed by atoms with Crippen LogP contribution < -0.4 is 5.73 Å². The Balaban J connectivity index is 2.08. The summed E-state index contributed by atoms with van der Waals surface area (Å²) in [6.07, 6.45) is 4.48. The highest BCUT2D eigenvalue weighted by atomic mass is 15.6. The summed E-state index contributed by atoms with van der Waals surface area (Å²) in [4.78, 5) is 1.51. The Morgan fingerprint density at radius 1 is 1.46 bits per heavy atom. The quantitative estimate of drug-likeness (QED) is 0.671. The number of tetrazole rings is 1. The van der Waals surface area contributed by atoms with Gasteiger partial charge < -0.3 is 5.73 Å².